The number of nitrogens with zero attached hydrogens (tertiary/aromatic N) is 3. The van der Waals surface area contributed by atoms with Crippen LogP contribution in [0.4, 0.5) is 0 Å². The van der Waals surface area contributed by atoms with Crippen LogP contribution in [0, 0.1) is 0 Å². The molecule has 2 heterocycles. The first-order valence-electron chi connectivity index (χ1n) is 6.08. The minimum Gasteiger partial charge on any atom is -0.478 e. The van der Waals surface area contributed by atoms with Gasteiger partial charge in [-0.05, 0) is 26.2 Å². The zero-order chi connectivity index (χ0) is 13.3. The largest absolute Gasteiger partial charge is 0.478 e. The number of likely N-dealkylation sites (tertiary alicyclic amines) is 1. The lowest BCUT2D eigenvalue weighted by molar-refractivity contribution is 0.0608. The van der Waals surface area contributed by atoms with E-state index in [1.807, 2.05) is 6.92 Å². The first-order valence-corrected chi connectivity index (χ1v) is 6.08. The van der Waals surface area contributed by atoms with E-state index in [0.29, 0.717) is 6.54 Å². The maximum Gasteiger partial charge on any atom is 0.339 e. The van der Waals surface area contributed by atoms with Crippen LogP contribution in [-0.2, 0) is 7.05 Å². The van der Waals surface area contributed by atoms with Crippen molar-refractivity contribution in [3.63, 3.8) is 0 Å². The Kier molecular flexibility index (Phi) is 3.36. The number of carboxylic acids is 1. The average Bonchev–Trinajstić information content (AvgIpc) is 2.71. The molecule has 1 N–H and O–H groups in total. The molecule has 18 heavy (non-hydrogen) atoms. The van der Waals surface area contributed by atoms with Gasteiger partial charge in [0, 0.05) is 25.8 Å². The van der Waals surface area contributed by atoms with E-state index in [2.05, 4.69) is 5.10 Å². The summed E-state index contributed by atoms with van der Waals surface area (Å²) in [5.41, 5.74) is 0.0130. The van der Waals surface area contributed by atoms with Crippen LogP contribution >= 0.6 is 0 Å². The molecular formula is C12H17N3O3. The van der Waals surface area contributed by atoms with Gasteiger partial charge in [-0.1, -0.05) is 0 Å². The van der Waals surface area contributed by atoms with Crippen LogP contribution in [0.15, 0.2) is 6.20 Å². The molecule has 6 nitrogen and oxygen atoms in total. The van der Waals surface area contributed by atoms with Gasteiger partial charge in [-0.3, -0.25) is 9.48 Å². The first-order chi connectivity index (χ1) is 8.50. The second-order valence-corrected chi connectivity index (χ2v) is 4.71. The molecule has 0 aromatic carbocycles. The highest BCUT2D eigenvalue weighted by molar-refractivity contribution is 6.03. The summed E-state index contributed by atoms with van der Waals surface area (Å²) in [6.07, 6.45) is 4.40. The molecule has 1 amide bonds. The van der Waals surface area contributed by atoms with E-state index in [4.69, 9.17) is 5.11 Å². The molecule has 1 aliphatic heterocycles. The normalized spacial score (nSPS) is 19.9. The minimum absolute atomic E-state index is 0.0275. The number of rotatable bonds is 2. The van der Waals surface area contributed by atoms with Gasteiger partial charge in [-0.2, -0.15) is 5.10 Å². The topological polar surface area (TPSA) is 75.4 Å². The second-order valence-electron chi connectivity index (χ2n) is 4.71. The number of aromatic nitrogens is 2. The number of aryl methyl sites for hydroxylation is 1. The molecule has 98 valence electrons. The van der Waals surface area contributed by atoms with E-state index < -0.39 is 5.97 Å². The highest BCUT2D eigenvalue weighted by Gasteiger charge is 2.29. The van der Waals surface area contributed by atoms with E-state index in [0.717, 1.165) is 19.3 Å². The van der Waals surface area contributed by atoms with Crippen molar-refractivity contribution in [3.05, 3.63) is 17.5 Å². The van der Waals surface area contributed by atoms with Crippen LogP contribution in [0.5, 0.6) is 0 Å². The van der Waals surface area contributed by atoms with Gasteiger partial charge in [-0.15, -0.1) is 0 Å². The Balaban J connectivity index is 2.30. The van der Waals surface area contributed by atoms with Crippen LogP contribution in [0.1, 0.15) is 47.0 Å². The zero-order valence-electron chi connectivity index (χ0n) is 10.6. The van der Waals surface area contributed by atoms with Crippen LogP contribution in [0.3, 0.4) is 0 Å². The Morgan fingerprint density at radius 3 is 2.78 bits per heavy atom. The molecular weight excluding hydrogens is 234 g/mol. The molecule has 0 bridgehead atoms. The predicted molar refractivity (Wildman–Crippen MR) is 64.5 cm³/mol. The lowest BCUT2D eigenvalue weighted by atomic mass is 10.0. The minimum atomic E-state index is -1.11. The lowest BCUT2D eigenvalue weighted by Crippen LogP contribution is -2.42. The van der Waals surface area contributed by atoms with Crippen molar-refractivity contribution in [1.82, 2.24) is 14.7 Å². The summed E-state index contributed by atoms with van der Waals surface area (Å²) in [6.45, 7) is 2.66. The third-order valence-corrected chi connectivity index (χ3v) is 3.33. The number of carbonyl (C=O) groups excluding carboxylic acids is 1. The van der Waals surface area contributed by atoms with Gasteiger partial charge in [0.25, 0.3) is 5.91 Å². The van der Waals surface area contributed by atoms with E-state index in [1.165, 1.54) is 10.9 Å². The Morgan fingerprint density at radius 1 is 1.44 bits per heavy atom. The Morgan fingerprint density at radius 2 is 2.17 bits per heavy atom. The summed E-state index contributed by atoms with van der Waals surface area (Å²) in [4.78, 5) is 25.1. The van der Waals surface area contributed by atoms with E-state index in [-0.39, 0.29) is 23.2 Å². The Hall–Kier alpha value is -1.85. The Bertz CT molecular complexity index is 481. The monoisotopic (exact) mass is 251 g/mol. The SMILES string of the molecule is C[C@@H]1CCCCN1C(=O)c1nn(C)cc1C(=O)O. The number of hydrogen-bond acceptors (Lipinski definition) is 3. The molecule has 1 aromatic heterocycles. The fourth-order valence-corrected chi connectivity index (χ4v) is 2.34. The van der Waals surface area contributed by atoms with Crippen molar-refractivity contribution < 1.29 is 14.7 Å². The van der Waals surface area contributed by atoms with Crippen molar-refractivity contribution in [2.45, 2.75) is 32.2 Å². The van der Waals surface area contributed by atoms with Gasteiger partial charge in [-0.25, -0.2) is 4.79 Å². The quantitative estimate of drug-likeness (QED) is 0.855. The van der Waals surface area contributed by atoms with Gasteiger partial charge in [0.15, 0.2) is 5.69 Å². The van der Waals surface area contributed by atoms with Gasteiger partial charge in [0.2, 0.25) is 0 Å². The molecule has 1 aliphatic rings. The molecule has 0 unspecified atom stereocenters. The fourth-order valence-electron chi connectivity index (χ4n) is 2.34. The molecule has 1 aromatic rings. The van der Waals surface area contributed by atoms with Crippen molar-refractivity contribution in [2.24, 2.45) is 7.05 Å². The second kappa shape index (κ2) is 4.80. The lowest BCUT2D eigenvalue weighted by Gasteiger charge is -2.32. The van der Waals surface area contributed by atoms with Crippen LogP contribution < -0.4 is 0 Å². The average molecular weight is 251 g/mol. The van der Waals surface area contributed by atoms with Crippen LogP contribution in [-0.4, -0.2) is 44.3 Å². The summed E-state index contributed by atoms with van der Waals surface area (Å²) < 4.78 is 1.37. The van der Waals surface area contributed by atoms with E-state index in [1.54, 1.807) is 11.9 Å². The van der Waals surface area contributed by atoms with Crippen molar-refractivity contribution in [1.29, 1.82) is 0 Å². The molecule has 0 saturated carbocycles. The molecule has 0 spiro atoms. The molecule has 2 rings (SSSR count). The van der Waals surface area contributed by atoms with Crippen molar-refractivity contribution in [2.75, 3.05) is 6.54 Å². The van der Waals surface area contributed by atoms with Gasteiger partial charge in [0.1, 0.15) is 5.56 Å². The first kappa shape index (κ1) is 12.6. The number of carbonyl (C=O) groups is 2. The molecule has 0 aliphatic carbocycles. The maximum atomic E-state index is 12.3. The smallest absolute Gasteiger partial charge is 0.339 e. The summed E-state index contributed by atoms with van der Waals surface area (Å²) in [6, 6.07) is 0.148. The molecule has 1 fully saturated rings. The van der Waals surface area contributed by atoms with E-state index in [9.17, 15) is 9.59 Å². The third-order valence-electron chi connectivity index (χ3n) is 3.33. The highest BCUT2D eigenvalue weighted by Crippen LogP contribution is 2.20. The summed E-state index contributed by atoms with van der Waals surface area (Å²) >= 11 is 0. The van der Waals surface area contributed by atoms with E-state index >= 15 is 0 Å². The number of hydrogen-bond donors (Lipinski definition) is 1. The zero-order valence-corrected chi connectivity index (χ0v) is 10.6. The molecule has 1 saturated heterocycles. The van der Waals surface area contributed by atoms with Gasteiger partial charge >= 0.3 is 5.97 Å². The maximum absolute atomic E-state index is 12.3. The number of amides is 1. The van der Waals surface area contributed by atoms with Crippen LogP contribution in [0.25, 0.3) is 0 Å². The highest BCUT2D eigenvalue weighted by atomic mass is 16.4. The van der Waals surface area contributed by atoms with Crippen molar-refractivity contribution in [3.8, 4) is 0 Å². The number of piperidine rings is 1. The number of carboxylic acid groups (broad SMARTS) is 1. The summed E-state index contributed by atoms with van der Waals surface area (Å²) in [5.74, 6) is -1.39. The van der Waals surface area contributed by atoms with Gasteiger partial charge < -0.3 is 10.0 Å². The predicted octanol–water partition coefficient (Wildman–Crippen LogP) is 1.13. The fraction of sp³-hybridized carbons (Fsp3) is 0.583. The number of aromatic carboxylic acids is 1. The Labute approximate surface area is 105 Å². The molecule has 0 radical (unpaired) electrons. The van der Waals surface area contributed by atoms with Gasteiger partial charge in [0.05, 0.1) is 0 Å². The van der Waals surface area contributed by atoms with Crippen molar-refractivity contribution >= 4 is 11.9 Å². The molecule has 6 heteroatoms. The third kappa shape index (κ3) is 2.23. The van der Waals surface area contributed by atoms with Crippen LogP contribution in [0.2, 0.25) is 0 Å². The standard InChI is InChI=1S/C12H17N3O3/c1-8-5-3-4-6-15(8)11(16)10-9(12(17)18)7-14(2)13-10/h7-8H,3-6H2,1-2H3,(H,17,18)/t8-/m1/s1. The summed E-state index contributed by atoms with van der Waals surface area (Å²) in [7, 11) is 1.61. The summed E-state index contributed by atoms with van der Waals surface area (Å²) in [5, 5.41) is 13.1. The molecule has 1 atom stereocenters.